The minimum Gasteiger partial charge on any atom is -0.480 e. The Labute approximate surface area is 149 Å². The van der Waals surface area contributed by atoms with Crippen molar-refractivity contribution in [3.05, 3.63) is 0 Å². The molecule has 7 heteroatoms. The Balaban J connectivity index is 1.38. The molecule has 1 saturated heterocycles. The molecule has 0 aromatic rings. The minimum absolute atomic E-state index is 0.0101. The van der Waals surface area contributed by atoms with Gasteiger partial charge in [-0.05, 0) is 45.1 Å². The highest BCUT2D eigenvalue weighted by Crippen LogP contribution is 2.40. The van der Waals surface area contributed by atoms with E-state index >= 15 is 0 Å². The van der Waals surface area contributed by atoms with Crippen LogP contribution >= 0.6 is 0 Å². The van der Waals surface area contributed by atoms with Gasteiger partial charge in [0, 0.05) is 24.7 Å². The molecule has 1 aliphatic heterocycles. The monoisotopic (exact) mass is 353 g/mol. The van der Waals surface area contributed by atoms with Crippen LogP contribution in [0.5, 0.6) is 0 Å². The number of hydrogen-bond acceptors (Lipinski definition) is 4. The number of aliphatic carboxylic acids is 1. The van der Waals surface area contributed by atoms with Gasteiger partial charge in [0.15, 0.2) is 0 Å². The molecule has 3 N–H and O–H groups in total. The molecule has 0 bridgehead atoms. The summed E-state index contributed by atoms with van der Waals surface area (Å²) >= 11 is 0. The summed E-state index contributed by atoms with van der Waals surface area (Å²) in [5, 5.41) is 15.1. The number of carboxylic acids is 1. The predicted molar refractivity (Wildman–Crippen MR) is 93.5 cm³/mol. The predicted octanol–water partition coefficient (Wildman–Crippen LogP) is 1.71. The zero-order valence-corrected chi connectivity index (χ0v) is 15.1. The molecule has 2 aliphatic carbocycles. The Bertz CT molecular complexity index is 487. The van der Waals surface area contributed by atoms with Gasteiger partial charge in [0.1, 0.15) is 0 Å². The summed E-state index contributed by atoms with van der Waals surface area (Å²) in [6.07, 6.45) is 8.15. The van der Waals surface area contributed by atoms with Crippen molar-refractivity contribution in [3.63, 3.8) is 0 Å². The number of carbonyl (C=O) groups is 2. The van der Waals surface area contributed by atoms with Gasteiger partial charge >= 0.3 is 12.0 Å². The Hall–Kier alpha value is -1.34. The molecule has 1 atom stereocenters. The number of urea groups is 1. The number of rotatable bonds is 6. The molecule has 2 saturated carbocycles. The molecule has 1 unspecified atom stereocenters. The lowest BCUT2D eigenvalue weighted by molar-refractivity contribution is -0.139. The fraction of sp³-hybridized carbons (Fsp3) is 0.889. The smallest absolute Gasteiger partial charge is 0.317 e. The average Bonchev–Trinajstić information content (AvgIpc) is 2.96. The van der Waals surface area contributed by atoms with Crippen molar-refractivity contribution in [1.29, 1.82) is 0 Å². The standard InChI is InChI=1S/C18H31N3O4/c1-2-21(12-16(22)23)15-9-14(10-15)20-17(24)19-13-5-8-25-18(11-13)6-3-4-7-18/h13-15H,2-12H2,1H3,(H,22,23)(H2,19,20,24). The van der Waals surface area contributed by atoms with E-state index in [4.69, 9.17) is 9.84 Å². The van der Waals surface area contributed by atoms with Crippen molar-refractivity contribution in [2.45, 2.75) is 82.0 Å². The van der Waals surface area contributed by atoms with Crippen molar-refractivity contribution < 1.29 is 19.4 Å². The van der Waals surface area contributed by atoms with Crippen LogP contribution in [0.3, 0.4) is 0 Å². The largest absolute Gasteiger partial charge is 0.480 e. The van der Waals surface area contributed by atoms with Crippen molar-refractivity contribution in [3.8, 4) is 0 Å². The first kappa shape index (κ1) is 18.5. The molecular weight excluding hydrogens is 322 g/mol. The Morgan fingerprint density at radius 1 is 1.20 bits per heavy atom. The highest BCUT2D eigenvalue weighted by molar-refractivity contribution is 5.74. The lowest BCUT2D eigenvalue weighted by Gasteiger charge is -2.43. The molecular formula is C18H31N3O4. The van der Waals surface area contributed by atoms with Crippen LogP contribution in [0.25, 0.3) is 0 Å². The normalized spacial score (nSPS) is 30.9. The second kappa shape index (κ2) is 7.91. The summed E-state index contributed by atoms with van der Waals surface area (Å²) in [4.78, 5) is 25.1. The zero-order chi connectivity index (χ0) is 17.9. The second-order valence-electron chi connectivity index (χ2n) is 7.83. The van der Waals surface area contributed by atoms with Crippen molar-refractivity contribution >= 4 is 12.0 Å². The van der Waals surface area contributed by atoms with Gasteiger partial charge in [0.05, 0.1) is 12.1 Å². The SMILES string of the molecule is CCN(CC(=O)O)C1CC(NC(=O)NC2CCOC3(CCCC3)C2)C1. The average molecular weight is 353 g/mol. The summed E-state index contributed by atoms with van der Waals surface area (Å²) < 4.78 is 6.01. The van der Waals surface area contributed by atoms with Crippen LogP contribution in [-0.4, -0.2) is 65.4 Å². The Morgan fingerprint density at radius 3 is 2.52 bits per heavy atom. The summed E-state index contributed by atoms with van der Waals surface area (Å²) in [6.45, 7) is 3.50. The molecule has 3 aliphatic rings. The van der Waals surface area contributed by atoms with Gasteiger partial charge < -0.3 is 20.5 Å². The Morgan fingerprint density at radius 2 is 1.88 bits per heavy atom. The van der Waals surface area contributed by atoms with Crippen molar-refractivity contribution in [1.82, 2.24) is 15.5 Å². The molecule has 0 aromatic carbocycles. The minimum atomic E-state index is -0.795. The number of hydrogen-bond donors (Lipinski definition) is 3. The maximum Gasteiger partial charge on any atom is 0.317 e. The lowest BCUT2D eigenvalue weighted by atomic mass is 9.85. The summed E-state index contributed by atoms with van der Waals surface area (Å²) in [6, 6.07) is 0.510. The van der Waals surface area contributed by atoms with E-state index in [2.05, 4.69) is 10.6 Å². The summed E-state index contributed by atoms with van der Waals surface area (Å²) in [5.74, 6) is -0.795. The molecule has 1 spiro atoms. The van der Waals surface area contributed by atoms with Gasteiger partial charge in [-0.25, -0.2) is 4.79 Å². The number of amides is 2. The van der Waals surface area contributed by atoms with Crippen LogP contribution in [0.15, 0.2) is 0 Å². The number of likely N-dealkylation sites (N-methyl/N-ethyl adjacent to an activating group) is 1. The number of nitrogens with zero attached hydrogens (tertiary/aromatic N) is 1. The van der Waals surface area contributed by atoms with E-state index < -0.39 is 5.97 Å². The van der Waals surface area contributed by atoms with Gasteiger partial charge in [0.25, 0.3) is 0 Å². The van der Waals surface area contributed by atoms with Crippen LogP contribution in [-0.2, 0) is 9.53 Å². The maximum absolute atomic E-state index is 12.3. The van der Waals surface area contributed by atoms with E-state index in [1.54, 1.807) is 0 Å². The quantitative estimate of drug-likeness (QED) is 0.676. The van der Waals surface area contributed by atoms with Crippen LogP contribution < -0.4 is 10.6 Å². The van der Waals surface area contributed by atoms with E-state index in [0.29, 0.717) is 0 Å². The molecule has 25 heavy (non-hydrogen) atoms. The van der Waals surface area contributed by atoms with Crippen molar-refractivity contribution in [2.24, 2.45) is 0 Å². The fourth-order valence-electron chi connectivity index (χ4n) is 4.61. The van der Waals surface area contributed by atoms with Crippen LogP contribution in [0.4, 0.5) is 4.79 Å². The molecule has 0 radical (unpaired) electrons. The third-order valence-electron chi connectivity index (χ3n) is 6.05. The van der Waals surface area contributed by atoms with Crippen LogP contribution in [0.1, 0.15) is 58.3 Å². The molecule has 2 amide bonds. The van der Waals surface area contributed by atoms with Crippen LogP contribution in [0, 0.1) is 0 Å². The van der Waals surface area contributed by atoms with Gasteiger partial charge in [-0.3, -0.25) is 9.69 Å². The highest BCUT2D eigenvalue weighted by atomic mass is 16.5. The molecule has 142 valence electrons. The first-order chi connectivity index (χ1) is 12.0. The number of nitrogens with one attached hydrogen (secondary N) is 2. The summed E-state index contributed by atoms with van der Waals surface area (Å²) in [5.41, 5.74) is 0.0101. The first-order valence-corrected chi connectivity index (χ1v) is 9.66. The van der Waals surface area contributed by atoms with E-state index in [1.165, 1.54) is 12.8 Å². The highest BCUT2D eigenvalue weighted by Gasteiger charge is 2.41. The zero-order valence-electron chi connectivity index (χ0n) is 15.1. The number of carboxylic acid groups (broad SMARTS) is 1. The summed E-state index contributed by atoms with van der Waals surface area (Å²) in [7, 11) is 0. The van der Waals surface area contributed by atoms with Gasteiger partial charge in [-0.2, -0.15) is 0 Å². The van der Waals surface area contributed by atoms with Gasteiger partial charge in [-0.15, -0.1) is 0 Å². The molecule has 3 rings (SSSR count). The topological polar surface area (TPSA) is 90.9 Å². The molecule has 7 nitrogen and oxygen atoms in total. The number of ether oxygens (including phenoxy) is 1. The molecule has 3 fully saturated rings. The third kappa shape index (κ3) is 4.64. The van der Waals surface area contributed by atoms with E-state index in [1.807, 2.05) is 11.8 Å². The second-order valence-corrected chi connectivity index (χ2v) is 7.83. The molecule has 0 aromatic heterocycles. The van der Waals surface area contributed by atoms with E-state index in [0.717, 1.165) is 51.7 Å². The van der Waals surface area contributed by atoms with Gasteiger partial charge in [0.2, 0.25) is 0 Å². The third-order valence-corrected chi connectivity index (χ3v) is 6.05. The van der Waals surface area contributed by atoms with Crippen molar-refractivity contribution in [2.75, 3.05) is 19.7 Å². The van der Waals surface area contributed by atoms with E-state index in [-0.39, 0.29) is 36.3 Å². The van der Waals surface area contributed by atoms with E-state index in [9.17, 15) is 9.59 Å². The first-order valence-electron chi connectivity index (χ1n) is 9.66. The lowest BCUT2D eigenvalue weighted by Crippen LogP contribution is -2.58. The fourth-order valence-corrected chi connectivity index (χ4v) is 4.61. The Kier molecular flexibility index (Phi) is 5.84. The maximum atomic E-state index is 12.3. The van der Waals surface area contributed by atoms with Gasteiger partial charge in [-0.1, -0.05) is 19.8 Å². The number of carbonyl (C=O) groups excluding carboxylic acids is 1. The molecule has 1 heterocycles. The van der Waals surface area contributed by atoms with Crippen LogP contribution in [0.2, 0.25) is 0 Å².